The highest BCUT2D eigenvalue weighted by Gasteiger charge is 2.29. The van der Waals surface area contributed by atoms with Crippen molar-refractivity contribution in [1.82, 2.24) is 5.32 Å². The maximum atomic E-state index is 12.8. The van der Waals surface area contributed by atoms with Gasteiger partial charge in [-0.1, -0.05) is 48.5 Å². The Morgan fingerprint density at radius 3 is 2.11 bits per heavy atom. The average molecular weight is 511 g/mol. The number of ether oxygens (including phenoxy) is 1. The Balaban J connectivity index is 0.00000361. The van der Waals surface area contributed by atoms with E-state index in [-0.39, 0.29) is 30.6 Å². The normalized spacial score (nSPS) is 12.5. The number of nitrogens with two attached hydrogens (primary N) is 1. The first kappa shape index (κ1) is 26.7. The van der Waals surface area contributed by atoms with Gasteiger partial charge in [0, 0.05) is 23.7 Å². The molecule has 0 heterocycles. The van der Waals surface area contributed by atoms with E-state index in [9.17, 15) is 19.7 Å². The lowest BCUT2D eigenvalue weighted by Crippen LogP contribution is -2.44. The van der Waals surface area contributed by atoms with E-state index in [1.807, 2.05) is 36.4 Å². The second-order valence-electron chi connectivity index (χ2n) is 8.25. The van der Waals surface area contributed by atoms with Crippen molar-refractivity contribution in [3.8, 4) is 11.1 Å². The van der Waals surface area contributed by atoms with Crippen LogP contribution in [0.5, 0.6) is 0 Å². The Morgan fingerprint density at radius 1 is 0.972 bits per heavy atom. The van der Waals surface area contributed by atoms with Crippen LogP contribution >= 0.6 is 12.4 Å². The predicted molar refractivity (Wildman–Crippen MR) is 139 cm³/mol. The summed E-state index contributed by atoms with van der Waals surface area (Å²) in [6, 6.07) is 20.6. The van der Waals surface area contributed by atoms with Crippen LogP contribution in [0.15, 0.2) is 72.8 Å². The number of fused-ring (bicyclic) bond motifs is 3. The van der Waals surface area contributed by atoms with E-state index in [1.165, 1.54) is 24.3 Å². The minimum atomic E-state index is -0.871. The van der Waals surface area contributed by atoms with Crippen molar-refractivity contribution in [3.63, 3.8) is 0 Å². The number of halogens is 1. The van der Waals surface area contributed by atoms with Crippen LogP contribution in [0.25, 0.3) is 11.1 Å². The number of rotatable bonds is 9. The molecule has 1 aliphatic rings. The summed E-state index contributed by atoms with van der Waals surface area (Å²) in [5.74, 6) is -0.551. The summed E-state index contributed by atoms with van der Waals surface area (Å²) in [5, 5.41) is 16.1. The molecule has 188 valence electrons. The number of hydrogen-bond donors (Lipinski definition) is 3. The lowest BCUT2D eigenvalue weighted by molar-refractivity contribution is -0.384. The van der Waals surface area contributed by atoms with Gasteiger partial charge in [0.2, 0.25) is 5.91 Å². The fraction of sp³-hybridized carbons (Fsp3) is 0.231. The van der Waals surface area contributed by atoms with Crippen LogP contribution in [0.2, 0.25) is 0 Å². The van der Waals surface area contributed by atoms with Crippen molar-refractivity contribution in [2.24, 2.45) is 5.73 Å². The third-order valence-electron chi connectivity index (χ3n) is 5.99. The Kier molecular flexibility index (Phi) is 8.99. The third-order valence-corrected chi connectivity index (χ3v) is 5.99. The quantitative estimate of drug-likeness (QED) is 0.284. The standard InChI is InChI=1S/C26H26N4O5.ClH/c27-15-5-10-24(25(31)28-17-11-13-18(14-12-17)30(33)34)29-26(32)35-16-23-21-8-3-1-6-19(21)20-7-2-4-9-22(20)23;/h1-4,6-9,11-14,23-24H,5,10,15-16,27H2,(H,28,31)(H,29,32);1H/t24-;/m0./s1. The Labute approximate surface area is 214 Å². The van der Waals surface area contributed by atoms with Gasteiger partial charge in [0.05, 0.1) is 4.92 Å². The molecule has 0 saturated carbocycles. The number of non-ortho nitro benzene ring substituents is 1. The van der Waals surface area contributed by atoms with Gasteiger partial charge in [-0.05, 0) is 53.8 Å². The topological polar surface area (TPSA) is 137 Å². The number of benzene rings is 3. The Bertz CT molecular complexity index is 1190. The van der Waals surface area contributed by atoms with E-state index >= 15 is 0 Å². The first-order valence-corrected chi connectivity index (χ1v) is 11.3. The van der Waals surface area contributed by atoms with E-state index in [1.54, 1.807) is 0 Å². The third kappa shape index (κ3) is 5.99. The summed E-state index contributed by atoms with van der Waals surface area (Å²) >= 11 is 0. The molecule has 0 bridgehead atoms. The van der Waals surface area contributed by atoms with Gasteiger partial charge in [0.25, 0.3) is 5.69 Å². The number of carbonyl (C=O) groups excluding carboxylic acids is 2. The molecule has 0 aromatic heterocycles. The summed E-state index contributed by atoms with van der Waals surface area (Å²) in [6.45, 7) is 0.487. The molecule has 1 aliphatic carbocycles. The van der Waals surface area contributed by atoms with Crippen LogP contribution in [-0.4, -0.2) is 36.1 Å². The summed E-state index contributed by atoms with van der Waals surface area (Å²) < 4.78 is 5.56. The van der Waals surface area contributed by atoms with Gasteiger partial charge < -0.3 is 21.1 Å². The number of amides is 2. The van der Waals surface area contributed by atoms with Crippen molar-refractivity contribution >= 4 is 35.8 Å². The molecule has 0 unspecified atom stereocenters. The van der Waals surface area contributed by atoms with Crippen LogP contribution in [0, 0.1) is 10.1 Å². The molecule has 9 nitrogen and oxygen atoms in total. The number of hydrogen-bond acceptors (Lipinski definition) is 6. The molecule has 1 atom stereocenters. The summed E-state index contributed by atoms with van der Waals surface area (Å²) in [5.41, 5.74) is 10.3. The molecule has 0 aliphatic heterocycles. The summed E-state index contributed by atoms with van der Waals surface area (Å²) in [7, 11) is 0. The second kappa shape index (κ2) is 12.1. The molecular formula is C26H27ClN4O5. The van der Waals surface area contributed by atoms with Gasteiger partial charge in [-0.2, -0.15) is 0 Å². The number of anilines is 1. The van der Waals surface area contributed by atoms with E-state index < -0.39 is 23.0 Å². The van der Waals surface area contributed by atoms with E-state index in [2.05, 4.69) is 22.8 Å². The Hall–Kier alpha value is -3.95. The molecule has 3 aromatic carbocycles. The number of carbonyl (C=O) groups is 2. The van der Waals surface area contributed by atoms with Gasteiger partial charge in [0.15, 0.2) is 0 Å². The number of nitrogens with one attached hydrogen (secondary N) is 2. The maximum absolute atomic E-state index is 12.8. The van der Waals surface area contributed by atoms with Crippen molar-refractivity contribution in [2.45, 2.75) is 24.8 Å². The van der Waals surface area contributed by atoms with Gasteiger partial charge in [0.1, 0.15) is 12.6 Å². The lowest BCUT2D eigenvalue weighted by Gasteiger charge is -2.19. The molecule has 0 spiro atoms. The fourth-order valence-electron chi connectivity index (χ4n) is 4.27. The highest BCUT2D eigenvalue weighted by molar-refractivity contribution is 5.96. The number of nitro groups is 1. The van der Waals surface area contributed by atoms with Crippen molar-refractivity contribution in [1.29, 1.82) is 0 Å². The average Bonchev–Trinajstić information content (AvgIpc) is 3.19. The summed E-state index contributed by atoms with van der Waals surface area (Å²) in [6.07, 6.45) is 0.134. The molecular weight excluding hydrogens is 484 g/mol. The van der Waals surface area contributed by atoms with Gasteiger partial charge in [-0.15, -0.1) is 12.4 Å². The second-order valence-corrected chi connectivity index (χ2v) is 8.25. The van der Waals surface area contributed by atoms with Crippen LogP contribution in [-0.2, 0) is 9.53 Å². The van der Waals surface area contributed by atoms with Crippen molar-refractivity contribution in [3.05, 3.63) is 94.0 Å². The number of alkyl carbamates (subject to hydrolysis) is 1. The lowest BCUT2D eigenvalue weighted by atomic mass is 9.98. The minimum absolute atomic E-state index is 0. The molecule has 4 rings (SSSR count). The summed E-state index contributed by atoms with van der Waals surface area (Å²) in [4.78, 5) is 35.8. The minimum Gasteiger partial charge on any atom is -0.449 e. The molecule has 10 heteroatoms. The first-order valence-electron chi connectivity index (χ1n) is 11.3. The molecule has 0 fully saturated rings. The zero-order chi connectivity index (χ0) is 24.8. The maximum Gasteiger partial charge on any atom is 0.407 e. The molecule has 0 saturated heterocycles. The van der Waals surface area contributed by atoms with E-state index in [4.69, 9.17) is 10.5 Å². The van der Waals surface area contributed by atoms with E-state index in [0.29, 0.717) is 25.1 Å². The van der Waals surface area contributed by atoms with Crippen molar-refractivity contribution in [2.75, 3.05) is 18.5 Å². The molecule has 2 amide bonds. The van der Waals surface area contributed by atoms with Crippen molar-refractivity contribution < 1.29 is 19.2 Å². The SMILES string of the molecule is Cl.NCCC[C@H](NC(=O)OCC1c2ccccc2-c2ccccc21)C(=O)Nc1ccc([N+](=O)[O-])cc1. The van der Waals surface area contributed by atoms with Crippen LogP contribution in [0.1, 0.15) is 29.9 Å². The zero-order valence-electron chi connectivity index (χ0n) is 19.4. The van der Waals surface area contributed by atoms with Crippen LogP contribution in [0.4, 0.5) is 16.2 Å². The van der Waals surface area contributed by atoms with Gasteiger partial charge >= 0.3 is 6.09 Å². The number of nitro benzene ring substituents is 1. The zero-order valence-corrected chi connectivity index (χ0v) is 20.2. The molecule has 0 radical (unpaired) electrons. The number of nitrogens with zero attached hydrogens (tertiary/aromatic N) is 1. The highest BCUT2D eigenvalue weighted by Crippen LogP contribution is 2.44. The van der Waals surface area contributed by atoms with E-state index in [0.717, 1.165) is 22.3 Å². The fourth-order valence-corrected chi connectivity index (χ4v) is 4.27. The molecule has 3 aromatic rings. The first-order chi connectivity index (χ1) is 17.0. The van der Waals surface area contributed by atoms with Gasteiger partial charge in [-0.3, -0.25) is 14.9 Å². The predicted octanol–water partition coefficient (Wildman–Crippen LogP) is 4.60. The smallest absolute Gasteiger partial charge is 0.407 e. The largest absolute Gasteiger partial charge is 0.449 e. The Morgan fingerprint density at radius 2 is 1.56 bits per heavy atom. The van der Waals surface area contributed by atoms with Gasteiger partial charge in [-0.25, -0.2) is 4.79 Å². The monoisotopic (exact) mass is 510 g/mol. The highest BCUT2D eigenvalue weighted by atomic mass is 35.5. The molecule has 36 heavy (non-hydrogen) atoms. The van der Waals surface area contributed by atoms with Crippen LogP contribution in [0.3, 0.4) is 0 Å². The van der Waals surface area contributed by atoms with Crippen LogP contribution < -0.4 is 16.4 Å². The molecule has 4 N–H and O–H groups in total.